The van der Waals surface area contributed by atoms with Crippen LogP contribution in [0, 0.1) is 0 Å². The first-order chi connectivity index (χ1) is 8.79. The normalized spacial score (nSPS) is 15.0. The maximum Gasteiger partial charge on any atom is 0.406 e. The van der Waals surface area contributed by atoms with Gasteiger partial charge in [-0.25, -0.2) is 4.21 Å². The van der Waals surface area contributed by atoms with Crippen LogP contribution in [0.1, 0.15) is 19.3 Å². The summed E-state index contributed by atoms with van der Waals surface area (Å²) in [5.41, 5.74) is 0. The fourth-order valence-corrected chi connectivity index (χ4v) is 1.33. The molecular weight excluding hydrogens is 325 g/mol. The van der Waals surface area contributed by atoms with Gasteiger partial charge in [-0.2, -0.15) is 30.7 Å². The number of ether oxygens (including phenoxy) is 1. The van der Waals surface area contributed by atoms with E-state index in [-0.39, 0.29) is 0 Å². The van der Waals surface area contributed by atoms with E-state index in [1.165, 1.54) is 0 Å². The molecule has 0 aliphatic rings. The number of esters is 1. The molecule has 4 nitrogen and oxygen atoms in total. The topological polar surface area (TPSA) is 63.6 Å². The number of hydrogen-bond donors (Lipinski definition) is 1. The highest BCUT2D eigenvalue weighted by atomic mass is 32.2. The summed E-state index contributed by atoms with van der Waals surface area (Å²) in [6, 6.07) is 0. The molecule has 20 heavy (non-hydrogen) atoms. The largest absolute Gasteiger partial charge is 0.465 e. The zero-order valence-electron chi connectivity index (χ0n) is 9.55. The van der Waals surface area contributed by atoms with Crippen LogP contribution in [0.15, 0.2) is 0 Å². The van der Waals surface area contributed by atoms with Gasteiger partial charge in [0, 0.05) is 6.42 Å². The smallest absolute Gasteiger partial charge is 0.406 e. The van der Waals surface area contributed by atoms with Crippen LogP contribution >= 0.6 is 0 Å². The lowest BCUT2D eigenvalue weighted by Gasteiger charge is -2.23. The van der Waals surface area contributed by atoms with Crippen molar-refractivity contribution in [1.29, 1.82) is 0 Å². The van der Waals surface area contributed by atoms with E-state index in [4.69, 9.17) is 4.55 Å². The number of rotatable bonds is 7. The van der Waals surface area contributed by atoms with E-state index in [1.807, 2.05) is 0 Å². The van der Waals surface area contributed by atoms with Gasteiger partial charge in [-0.15, -0.1) is 0 Å². The molecule has 120 valence electrons. The number of carbonyl (C=O) groups is 1. The first-order valence-corrected chi connectivity index (χ1v) is 5.99. The Kier molecular flexibility index (Phi) is 6.39. The zero-order valence-corrected chi connectivity index (χ0v) is 10.4. The maximum atomic E-state index is 12.8. The van der Waals surface area contributed by atoms with Crippen LogP contribution in [0.25, 0.3) is 0 Å². The molecule has 0 amide bonds. The van der Waals surface area contributed by atoms with Crippen LogP contribution in [0.2, 0.25) is 0 Å². The van der Waals surface area contributed by atoms with Crippen LogP contribution in [0.3, 0.4) is 0 Å². The van der Waals surface area contributed by atoms with E-state index in [9.17, 15) is 39.7 Å². The Hall–Kier alpha value is -0.910. The van der Waals surface area contributed by atoms with Crippen molar-refractivity contribution in [2.45, 2.75) is 36.6 Å². The minimum Gasteiger partial charge on any atom is -0.465 e. The van der Waals surface area contributed by atoms with E-state index in [0.717, 1.165) is 0 Å². The van der Waals surface area contributed by atoms with Gasteiger partial charge in [0.1, 0.15) is 6.42 Å². The predicted octanol–water partition coefficient (Wildman–Crippen LogP) is 2.71. The average Bonchev–Trinajstić information content (AvgIpc) is 2.21. The van der Waals surface area contributed by atoms with Crippen molar-refractivity contribution in [3.8, 4) is 0 Å². The van der Waals surface area contributed by atoms with E-state index in [0.29, 0.717) is 0 Å². The lowest BCUT2D eigenvalue weighted by Crippen LogP contribution is -2.44. The summed E-state index contributed by atoms with van der Waals surface area (Å²) in [4.78, 5) is 10.5. The summed E-state index contributed by atoms with van der Waals surface area (Å²) in [7, 11) is 0. The first-order valence-electron chi connectivity index (χ1n) is 4.88. The molecule has 0 aromatic heterocycles. The highest BCUT2D eigenvalue weighted by molar-refractivity contribution is 7.80. The van der Waals surface area contributed by atoms with Crippen LogP contribution in [0.5, 0.6) is 0 Å². The summed E-state index contributed by atoms with van der Waals surface area (Å²) >= 11 is -4.11. The second-order valence-corrected chi connectivity index (χ2v) is 4.60. The lowest BCUT2D eigenvalue weighted by atomic mass is 10.2. The van der Waals surface area contributed by atoms with Gasteiger partial charge in [-0.1, -0.05) is 0 Å². The Morgan fingerprint density at radius 2 is 1.60 bits per heavy atom. The molecule has 1 atom stereocenters. The third-order valence-electron chi connectivity index (χ3n) is 1.89. The maximum absolute atomic E-state index is 12.8. The molecule has 0 aromatic rings. The summed E-state index contributed by atoms with van der Waals surface area (Å²) in [6.45, 7) is -0.946. The van der Waals surface area contributed by atoms with Gasteiger partial charge >= 0.3 is 23.3 Å². The molecule has 0 aromatic carbocycles. The number of carbonyl (C=O) groups excluding carboxylic acids is 1. The molecule has 0 bridgehead atoms. The molecule has 0 aliphatic carbocycles. The Morgan fingerprint density at radius 1 is 1.10 bits per heavy atom. The molecule has 0 aliphatic heterocycles. The number of halogens is 7. The molecule has 0 fully saturated rings. The number of hydrogen-bond acceptors (Lipinski definition) is 3. The van der Waals surface area contributed by atoms with Crippen LogP contribution in [-0.2, 0) is 20.6 Å². The second-order valence-electron chi connectivity index (χ2n) is 3.59. The van der Waals surface area contributed by atoms with Gasteiger partial charge in [0.05, 0.1) is 6.61 Å². The number of alkyl halides is 7. The minimum absolute atomic E-state index is 0.899. The predicted molar refractivity (Wildman–Crippen MR) is 51.5 cm³/mol. The third-order valence-corrected chi connectivity index (χ3v) is 2.63. The molecule has 1 unspecified atom stereocenters. The molecule has 0 spiro atoms. The van der Waals surface area contributed by atoms with Crippen molar-refractivity contribution in [2.75, 3.05) is 6.61 Å². The molecular formula is C8H9F7O4S. The molecule has 0 radical (unpaired) electrons. The molecule has 12 heteroatoms. The van der Waals surface area contributed by atoms with E-state index < -0.39 is 60.3 Å². The van der Waals surface area contributed by atoms with Gasteiger partial charge in [-0.05, 0) is 6.42 Å². The standard InChI is InChI=1S/C8H9F7O4S/c9-6(10,8(14,15)20(17)18)2-1-3-19-5(16)4-7(11,12)13/h1-4H2,(H,17,18). The molecule has 0 heterocycles. The van der Waals surface area contributed by atoms with Gasteiger partial charge < -0.3 is 9.29 Å². The summed E-state index contributed by atoms with van der Waals surface area (Å²) in [5, 5.41) is -5.21. The van der Waals surface area contributed by atoms with Gasteiger partial charge in [0.15, 0.2) is 0 Å². The van der Waals surface area contributed by atoms with Gasteiger partial charge in [0.25, 0.3) is 0 Å². The van der Waals surface area contributed by atoms with Crippen molar-refractivity contribution < 1.29 is 49.0 Å². The van der Waals surface area contributed by atoms with Crippen molar-refractivity contribution in [2.24, 2.45) is 0 Å². The molecule has 0 saturated carbocycles. The molecule has 0 rings (SSSR count). The Labute approximate surface area is 110 Å². The fraction of sp³-hybridized carbons (Fsp3) is 0.875. The Morgan fingerprint density at radius 3 is 2.00 bits per heavy atom. The van der Waals surface area contributed by atoms with E-state index in [2.05, 4.69) is 4.74 Å². The quantitative estimate of drug-likeness (QED) is 0.337. The first kappa shape index (κ1) is 19.1. The molecule has 1 N–H and O–H groups in total. The summed E-state index contributed by atoms with van der Waals surface area (Å²) in [6.07, 6.45) is -9.29. The van der Waals surface area contributed by atoms with E-state index in [1.54, 1.807) is 0 Å². The van der Waals surface area contributed by atoms with Crippen LogP contribution in [0.4, 0.5) is 30.7 Å². The van der Waals surface area contributed by atoms with Gasteiger partial charge in [-0.3, -0.25) is 4.79 Å². The highest BCUT2D eigenvalue weighted by Gasteiger charge is 2.60. The minimum atomic E-state index is -5.21. The highest BCUT2D eigenvalue weighted by Crippen LogP contribution is 2.39. The van der Waals surface area contributed by atoms with Crippen molar-refractivity contribution >= 4 is 17.0 Å². The van der Waals surface area contributed by atoms with Crippen LogP contribution < -0.4 is 0 Å². The Bertz CT molecular complexity index is 368. The van der Waals surface area contributed by atoms with Crippen molar-refractivity contribution in [3.63, 3.8) is 0 Å². The van der Waals surface area contributed by atoms with E-state index >= 15 is 0 Å². The third kappa shape index (κ3) is 6.03. The Balaban J connectivity index is 4.19. The van der Waals surface area contributed by atoms with Gasteiger partial charge in [0.2, 0.25) is 11.1 Å². The SMILES string of the molecule is O=C(CC(F)(F)F)OCCCC(F)(F)C(F)(F)S(=O)O. The zero-order chi connectivity index (χ0) is 16.2. The molecule has 0 saturated heterocycles. The monoisotopic (exact) mass is 334 g/mol. The summed E-state index contributed by atoms with van der Waals surface area (Å²) < 4.78 is 108. The average molecular weight is 334 g/mol. The summed E-state index contributed by atoms with van der Waals surface area (Å²) in [5.74, 6) is -6.60. The van der Waals surface area contributed by atoms with Crippen molar-refractivity contribution in [3.05, 3.63) is 0 Å². The van der Waals surface area contributed by atoms with Crippen LogP contribution in [-0.4, -0.2) is 38.7 Å². The second kappa shape index (κ2) is 6.70. The lowest BCUT2D eigenvalue weighted by molar-refractivity contribution is -0.175. The fourth-order valence-electron chi connectivity index (χ4n) is 0.968. The van der Waals surface area contributed by atoms with Crippen molar-refractivity contribution in [1.82, 2.24) is 0 Å².